The first-order valence-electron chi connectivity index (χ1n) is 10.1. The summed E-state index contributed by atoms with van der Waals surface area (Å²) in [7, 11) is 1.35. The molecule has 4 aromatic rings. The molecule has 0 fully saturated rings. The number of anilines is 1. The van der Waals surface area contributed by atoms with Gasteiger partial charge in [-0.1, -0.05) is 0 Å². The molecule has 0 aliphatic heterocycles. The largest absolute Gasteiger partial charge is 0.573 e. The number of rotatable bonds is 6. The molecule has 182 valence electrons. The summed E-state index contributed by atoms with van der Waals surface area (Å²) in [5, 5.41) is 6.52. The van der Waals surface area contributed by atoms with Crippen molar-refractivity contribution in [3.8, 4) is 22.8 Å². The summed E-state index contributed by atoms with van der Waals surface area (Å²) in [5.41, 5.74) is 6.77. The van der Waals surface area contributed by atoms with Gasteiger partial charge in [-0.3, -0.25) is 4.79 Å². The number of hydrogen-bond acceptors (Lipinski definition) is 7. The lowest BCUT2D eigenvalue weighted by Gasteiger charge is -2.18. The molecule has 3 heterocycles. The summed E-state index contributed by atoms with van der Waals surface area (Å²) < 4.78 is 62.5. The summed E-state index contributed by atoms with van der Waals surface area (Å²) in [5.74, 6) is -1.93. The van der Waals surface area contributed by atoms with Gasteiger partial charge in [0.25, 0.3) is 5.91 Å². The molecule has 1 aromatic carbocycles. The first kappa shape index (κ1) is 23.7. The quantitative estimate of drug-likeness (QED) is 0.394. The van der Waals surface area contributed by atoms with Gasteiger partial charge in [0.15, 0.2) is 11.3 Å². The zero-order valence-electron chi connectivity index (χ0n) is 18.3. The Hall–Kier alpha value is -4.42. The molecular weight excluding hydrogens is 472 g/mol. The van der Waals surface area contributed by atoms with Crippen LogP contribution in [0, 0.1) is 5.82 Å². The number of hydrogen-bond donors (Lipinski definition) is 2. The third-order valence-electron chi connectivity index (χ3n) is 4.96. The SMILES string of the molecule is COc1ccc(-c2ccn3nc(N)nc3c2)nc1C(=O)N[C@H](C)c1cc(OC(F)(F)F)ccc1F. The molecule has 35 heavy (non-hydrogen) atoms. The number of pyridine rings is 2. The Morgan fingerprint density at radius 1 is 1.14 bits per heavy atom. The average Bonchev–Trinajstić information content (AvgIpc) is 3.18. The highest BCUT2D eigenvalue weighted by molar-refractivity contribution is 5.95. The Balaban J connectivity index is 1.62. The van der Waals surface area contributed by atoms with E-state index in [1.807, 2.05) is 0 Å². The standard InChI is InChI=1S/C22H18F4N6O3/c1-11(14-10-13(3-4-15(14)23)35-22(24,25)26)28-20(33)19-17(34-2)6-5-16(29-19)12-7-8-32-18(9-12)30-21(27)31-32/h3-11H,1-2H3,(H2,27,31)(H,28,33)/t11-/m1/s1. The van der Waals surface area contributed by atoms with Crippen LogP contribution >= 0.6 is 0 Å². The normalized spacial score (nSPS) is 12.4. The van der Waals surface area contributed by atoms with E-state index in [9.17, 15) is 22.4 Å². The van der Waals surface area contributed by atoms with E-state index in [0.717, 1.165) is 18.2 Å². The molecule has 1 amide bonds. The number of alkyl halides is 3. The van der Waals surface area contributed by atoms with Gasteiger partial charge in [0.2, 0.25) is 5.95 Å². The highest BCUT2D eigenvalue weighted by Crippen LogP contribution is 2.29. The fourth-order valence-corrected chi connectivity index (χ4v) is 3.39. The van der Waals surface area contributed by atoms with Crippen LogP contribution in [-0.2, 0) is 0 Å². The van der Waals surface area contributed by atoms with Crippen LogP contribution in [0.25, 0.3) is 16.9 Å². The monoisotopic (exact) mass is 490 g/mol. The molecule has 1 atom stereocenters. The Bertz CT molecular complexity index is 1410. The van der Waals surface area contributed by atoms with Gasteiger partial charge in [0.05, 0.1) is 18.8 Å². The summed E-state index contributed by atoms with van der Waals surface area (Å²) in [6, 6.07) is 8.04. The number of fused-ring (bicyclic) bond motifs is 1. The second kappa shape index (κ2) is 9.08. The van der Waals surface area contributed by atoms with Gasteiger partial charge in [0.1, 0.15) is 17.3 Å². The molecular formula is C22H18F4N6O3. The predicted molar refractivity (Wildman–Crippen MR) is 116 cm³/mol. The van der Waals surface area contributed by atoms with Crippen molar-refractivity contribution in [2.24, 2.45) is 0 Å². The number of carbonyl (C=O) groups excluding carboxylic acids is 1. The Kier molecular flexibility index (Phi) is 6.16. The Labute approximate surface area is 195 Å². The maximum absolute atomic E-state index is 14.3. The maximum Gasteiger partial charge on any atom is 0.573 e. The second-order valence-electron chi connectivity index (χ2n) is 7.36. The van der Waals surface area contributed by atoms with Crippen LogP contribution in [-0.4, -0.2) is 39.0 Å². The molecule has 0 saturated heterocycles. The van der Waals surface area contributed by atoms with Crippen LogP contribution in [0.15, 0.2) is 48.7 Å². The molecule has 0 aliphatic rings. The predicted octanol–water partition coefficient (Wildman–Crippen LogP) is 3.91. The number of nitrogens with two attached hydrogens (primary N) is 1. The van der Waals surface area contributed by atoms with Crippen molar-refractivity contribution >= 4 is 17.5 Å². The van der Waals surface area contributed by atoms with Crippen LogP contribution in [0.3, 0.4) is 0 Å². The van der Waals surface area contributed by atoms with E-state index in [1.165, 1.54) is 24.6 Å². The van der Waals surface area contributed by atoms with Crippen LogP contribution < -0.4 is 20.5 Å². The molecule has 0 radical (unpaired) electrons. The summed E-state index contributed by atoms with van der Waals surface area (Å²) in [4.78, 5) is 21.5. The molecule has 4 rings (SSSR count). The molecule has 3 N–H and O–H groups in total. The summed E-state index contributed by atoms with van der Waals surface area (Å²) >= 11 is 0. The van der Waals surface area contributed by atoms with Crippen molar-refractivity contribution in [3.05, 3.63) is 65.7 Å². The number of ether oxygens (including phenoxy) is 2. The van der Waals surface area contributed by atoms with E-state index < -0.39 is 29.9 Å². The molecule has 3 aromatic heterocycles. The number of halogens is 4. The van der Waals surface area contributed by atoms with Crippen LogP contribution in [0.2, 0.25) is 0 Å². The van der Waals surface area contributed by atoms with Crippen LogP contribution in [0.5, 0.6) is 11.5 Å². The number of nitrogens with zero attached hydrogens (tertiary/aromatic N) is 4. The van der Waals surface area contributed by atoms with Gasteiger partial charge in [0, 0.05) is 17.3 Å². The minimum Gasteiger partial charge on any atom is -0.494 e. The van der Waals surface area contributed by atoms with E-state index in [2.05, 4.69) is 25.1 Å². The van der Waals surface area contributed by atoms with Gasteiger partial charge in [-0.25, -0.2) is 13.9 Å². The van der Waals surface area contributed by atoms with Crippen LogP contribution in [0.4, 0.5) is 23.5 Å². The molecule has 0 saturated carbocycles. The van der Waals surface area contributed by atoms with Crippen molar-refractivity contribution in [1.82, 2.24) is 24.9 Å². The summed E-state index contributed by atoms with van der Waals surface area (Å²) in [6.07, 6.45) is -3.32. The van der Waals surface area contributed by atoms with E-state index in [4.69, 9.17) is 10.5 Å². The second-order valence-corrected chi connectivity index (χ2v) is 7.36. The van der Waals surface area contributed by atoms with Crippen molar-refractivity contribution < 1.29 is 31.8 Å². The van der Waals surface area contributed by atoms with Crippen molar-refractivity contribution in [2.45, 2.75) is 19.3 Å². The van der Waals surface area contributed by atoms with Crippen LogP contribution in [0.1, 0.15) is 29.0 Å². The average molecular weight is 490 g/mol. The fraction of sp³-hybridized carbons (Fsp3) is 0.182. The molecule has 13 heteroatoms. The number of aromatic nitrogens is 4. The van der Waals surface area contributed by atoms with E-state index in [1.54, 1.807) is 24.4 Å². The van der Waals surface area contributed by atoms with Crippen molar-refractivity contribution in [3.63, 3.8) is 0 Å². The van der Waals surface area contributed by atoms with Gasteiger partial charge in [-0.15, -0.1) is 18.3 Å². The third kappa shape index (κ3) is 5.23. The Morgan fingerprint density at radius 3 is 2.63 bits per heavy atom. The summed E-state index contributed by atoms with van der Waals surface area (Å²) in [6.45, 7) is 1.41. The zero-order chi connectivity index (χ0) is 25.3. The molecule has 9 nitrogen and oxygen atoms in total. The number of amides is 1. The number of methoxy groups -OCH3 is 1. The lowest BCUT2D eigenvalue weighted by molar-refractivity contribution is -0.274. The molecule has 0 aliphatic carbocycles. The lowest BCUT2D eigenvalue weighted by atomic mass is 10.1. The number of benzene rings is 1. The minimum atomic E-state index is -4.94. The molecule has 0 spiro atoms. The minimum absolute atomic E-state index is 0.0934. The Morgan fingerprint density at radius 2 is 1.91 bits per heavy atom. The fourth-order valence-electron chi connectivity index (χ4n) is 3.39. The van der Waals surface area contributed by atoms with E-state index in [0.29, 0.717) is 16.9 Å². The third-order valence-corrected chi connectivity index (χ3v) is 4.96. The molecule has 0 bridgehead atoms. The highest BCUT2D eigenvalue weighted by Gasteiger charge is 2.31. The first-order chi connectivity index (χ1) is 16.5. The van der Waals surface area contributed by atoms with E-state index >= 15 is 0 Å². The number of nitrogen functional groups attached to an aromatic ring is 1. The first-order valence-corrected chi connectivity index (χ1v) is 10.1. The maximum atomic E-state index is 14.3. The number of carbonyl (C=O) groups is 1. The smallest absolute Gasteiger partial charge is 0.494 e. The van der Waals surface area contributed by atoms with Gasteiger partial charge < -0.3 is 20.5 Å². The van der Waals surface area contributed by atoms with E-state index in [-0.39, 0.29) is 23.0 Å². The van der Waals surface area contributed by atoms with Gasteiger partial charge in [-0.05, 0) is 49.4 Å². The zero-order valence-corrected chi connectivity index (χ0v) is 18.3. The van der Waals surface area contributed by atoms with Crippen molar-refractivity contribution in [1.29, 1.82) is 0 Å². The highest BCUT2D eigenvalue weighted by atomic mass is 19.4. The van der Waals surface area contributed by atoms with Gasteiger partial charge in [-0.2, -0.15) is 4.98 Å². The number of nitrogens with one attached hydrogen (secondary N) is 1. The lowest BCUT2D eigenvalue weighted by Crippen LogP contribution is -2.28. The topological polar surface area (TPSA) is 117 Å². The van der Waals surface area contributed by atoms with Crippen molar-refractivity contribution in [2.75, 3.05) is 12.8 Å². The van der Waals surface area contributed by atoms with Gasteiger partial charge >= 0.3 is 6.36 Å². The molecule has 0 unspecified atom stereocenters.